The van der Waals surface area contributed by atoms with Crippen LogP contribution in [0.15, 0.2) is 24.3 Å². The largest absolute Gasteiger partial charge is 0.372 e. The van der Waals surface area contributed by atoms with E-state index < -0.39 is 12.1 Å². The van der Waals surface area contributed by atoms with Gasteiger partial charge in [0.25, 0.3) is 0 Å². The maximum atomic E-state index is 9.51. The van der Waals surface area contributed by atoms with E-state index in [1.54, 1.807) is 7.11 Å². The Kier molecular flexibility index (Phi) is 4.89. The molecule has 0 amide bonds. The van der Waals surface area contributed by atoms with Crippen molar-refractivity contribution in [2.75, 3.05) is 26.9 Å². The van der Waals surface area contributed by atoms with Crippen LogP contribution in [0.4, 0.5) is 0 Å². The first-order chi connectivity index (χ1) is 11.7. The minimum Gasteiger partial charge on any atom is -0.372 e. The van der Waals surface area contributed by atoms with E-state index >= 15 is 0 Å². The molecule has 3 fully saturated rings. The van der Waals surface area contributed by atoms with Crippen LogP contribution < -0.4 is 0 Å². The topological polar surface area (TPSA) is 60.7 Å². The molecule has 24 heavy (non-hydrogen) atoms. The summed E-state index contributed by atoms with van der Waals surface area (Å²) in [5.41, 5.74) is 1.25. The Labute approximate surface area is 142 Å². The van der Waals surface area contributed by atoms with Crippen LogP contribution in [-0.4, -0.2) is 33.0 Å². The van der Waals surface area contributed by atoms with E-state index in [-0.39, 0.29) is 5.41 Å². The second-order valence-corrected chi connectivity index (χ2v) is 6.19. The molecule has 0 radical (unpaired) electrons. The van der Waals surface area contributed by atoms with Gasteiger partial charge in [0.15, 0.2) is 6.10 Å². The maximum absolute atomic E-state index is 9.51. The molecule has 0 spiro atoms. The van der Waals surface area contributed by atoms with Crippen LogP contribution in [0.1, 0.15) is 30.9 Å². The lowest BCUT2D eigenvalue weighted by atomic mass is 9.77. The van der Waals surface area contributed by atoms with Gasteiger partial charge < -0.3 is 18.9 Å². The van der Waals surface area contributed by atoms with Gasteiger partial charge in [0.1, 0.15) is 6.61 Å². The van der Waals surface area contributed by atoms with E-state index in [2.05, 4.69) is 24.8 Å². The Morgan fingerprint density at radius 2 is 1.96 bits per heavy atom. The summed E-state index contributed by atoms with van der Waals surface area (Å²) in [6.07, 6.45) is 1.27. The third kappa shape index (κ3) is 2.92. The molecule has 2 bridgehead atoms. The van der Waals surface area contributed by atoms with Crippen LogP contribution in [0.5, 0.6) is 0 Å². The SMILES string of the molecule is CCCC12COC(c3ccc(C#CCOC)cc3)(OC1)OC2C#N. The third-order valence-corrected chi connectivity index (χ3v) is 4.48. The fourth-order valence-electron chi connectivity index (χ4n) is 3.20. The first-order valence-electron chi connectivity index (χ1n) is 8.12. The van der Waals surface area contributed by atoms with Crippen LogP contribution in [-0.2, 0) is 24.9 Å². The van der Waals surface area contributed by atoms with Gasteiger partial charge in [-0.3, -0.25) is 0 Å². The predicted octanol–water partition coefficient (Wildman–Crippen LogP) is 2.55. The van der Waals surface area contributed by atoms with E-state index in [0.29, 0.717) is 19.8 Å². The van der Waals surface area contributed by atoms with Crippen molar-refractivity contribution in [2.24, 2.45) is 5.41 Å². The van der Waals surface area contributed by atoms with Gasteiger partial charge in [-0.15, -0.1) is 0 Å². The molecule has 1 atom stereocenters. The molecule has 3 aliphatic rings. The fourth-order valence-corrected chi connectivity index (χ4v) is 3.20. The molecule has 5 heteroatoms. The van der Waals surface area contributed by atoms with Crippen LogP contribution >= 0.6 is 0 Å². The molecule has 0 aromatic heterocycles. The van der Waals surface area contributed by atoms with Crippen molar-refractivity contribution >= 4 is 0 Å². The Hall–Kier alpha value is -1.89. The summed E-state index contributed by atoms with van der Waals surface area (Å²) in [4.78, 5) is 0. The quantitative estimate of drug-likeness (QED) is 0.795. The molecule has 3 heterocycles. The molecule has 0 aliphatic carbocycles. The number of fused-ring (bicyclic) bond motifs is 3. The van der Waals surface area contributed by atoms with E-state index in [9.17, 15) is 5.26 Å². The van der Waals surface area contributed by atoms with Gasteiger partial charge in [-0.2, -0.15) is 5.26 Å². The zero-order valence-corrected chi connectivity index (χ0v) is 14.0. The average Bonchev–Trinajstić information content (AvgIpc) is 2.63. The van der Waals surface area contributed by atoms with E-state index in [0.717, 1.165) is 24.0 Å². The number of nitrogens with zero attached hydrogens (tertiary/aromatic N) is 1. The second-order valence-electron chi connectivity index (χ2n) is 6.19. The first kappa shape index (κ1) is 17.0. The molecule has 1 unspecified atom stereocenters. The zero-order valence-electron chi connectivity index (χ0n) is 14.0. The second kappa shape index (κ2) is 6.93. The summed E-state index contributed by atoms with van der Waals surface area (Å²) < 4.78 is 22.7. The Balaban J connectivity index is 1.81. The van der Waals surface area contributed by atoms with E-state index in [4.69, 9.17) is 18.9 Å². The highest BCUT2D eigenvalue weighted by atomic mass is 16.9. The van der Waals surface area contributed by atoms with Gasteiger partial charge in [0.2, 0.25) is 0 Å². The van der Waals surface area contributed by atoms with E-state index in [1.807, 2.05) is 24.3 Å². The van der Waals surface area contributed by atoms with Crippen molar-refractivity contribution in [3.8, 4) is 17.9 Å². The average molecular weight is 327 g/mol. The zero-order chi connectivity index (χ0) is 17.0. The molecule has 126 valence electrons. The number of hydrogen-bond donors (Lipinski definition) is 0. The number of rotatable bonds is 4. The number of nitriles is 1. The summed E-state index contributed by atoms with van der Waals surface area (Å²) in [5.74, 6) is 4.63. The van der Waals surface area contributed by atoms with E-state index in [1.165, 1.54) is 0 Å². The first-order valence-corrected chi connectivity index (χ1v) is 8.12. The van der Waals surface area contributed by atoms with Crippen molar-refractivity contribution in [3.63, 3.8) is 0 Å². The highest BCUT2D eigenvalue weighted by Crippen LogP contribution is 2.49. The molecular weight excluding hydrogens is 306 g/mol. The molecule has 1 aromatic rings. The normalized spacial score (nSPS) is 31.1. The molecular formula is C19H21NO4. The smallest absolute Gasteiger partial charge is 0.313 e. The van der Waals surface area contributed by atoms with Crippen molar-refractivity contribution < 1.29 is 18.9 Å². The maximum Gasteiger partial charge on any atom is 0.313 e. The Morgan fingerprint density at radius 3 is 2.54 bits per heavy atom. The van der Waals surface area contributed by atoms with Crippen molar-refractivity contribution in [2.45, 2.75) is 31.8 Å². The van der Waals surface area contributed by atoms with Crippen molar-refractivity contribution in [3.05, 3.63) is 35.4 Å². The molecule has 3 saturated heterocycles. The highest BCUT2D eigenvalue weighted by molar-refractivity contribution is 5.37. The van der Waals surface area contributed by atoms with Gasteiger partial charge in [0, 0.05) is 18.2 Å². The van der Waals surface area contributed by atoms with Crippen LogP contribution in [0, 0.1) is 28.6 Å². The van der Waals surface area contributed by atoms with Gasteiger partial charge in [-0.25, -0.2) is 0 Å². The highest BCUT2D eigenvalue weighted by Gasteiger charge is 2.59. The van der Waals surface area contributed by atoms with Crippen LogP contribution in [0.2, 0.25) is 0 Å². The Bertz CT molecular complexity index is 672. The summed E-state index contributed by atoms with van der Waals surface area (Å²) in [6, 6.07) is 9.78. The van der Waals surface area contributed by atoms with Gasteiger partial charge >= 0.3 is 5.97 Å². The third-order valence-electron chi connectivity index (χ3n) is 4.48. The van der Waals surface area contributed by atoms with Gasteiger partial charge in [-0.1, -0.05) is 25.2 Å². The van der Waals surface area contributed by atoms with Crippen molar-refractivity contribution in [1.29, 1.82) is 5.26 Å². The Morgan fingerprint density at radius 1 is 1.25 bits per heavy atom. The van der Waals surface area contributed by atoms with Crippen LogP contribution in [0.25, 0.3) is 0 Å². The summed E-state index contributed by atoms with van der Waals surface area (Å²) in [5, 5.41) is 9.51. The minimum atomic E-state index is -1.28. The van der Waals surface area contributed by atoms with Crippen LogP contribution in [0.3, 0.4) is 0 Å². The number of hydrogen-bond acceptors (Lipinski definition) is 5. The van der Waals surface area contributed by atoms with Crippen molar-refractivity contribution in [1.82, 2.24) is 0 Å². The number of methoxy groups -OCH3 is 1. The molecule has 3 aliphatic heterocycles. The standard InChI is InChI=1S/C19H21NO4/c1-3-10-18-13-22-19(23-14-18,24-17(18)12-20)16-8-6-15(7-9-16)5-4-11-21-2/h6-9,17H,3,10-11,13-14H2,1-2H3. The number of ether oxygens (including phenoxy) is 4. The molecule has 1 aromatic carbocycles. The van der Waals surface area contributed by atoms with Gasteiger partial charge in [0.05, 0.1) is 24.7 Å². The number of benzene rings is 1. The molecule has 4 rings (SSSR count). The molecule has 5 nitrogen and oxygen atoms in total. The molecule has 0 N–H and O–H groups in total. The summed E-state index contributed by atoms with van der Waals surface area (Å²) >= 11 is 0. The van der Waals surface area contributed by atoms with Gasteiger partial charge in [-0.05, 0) is 30.7 Å². The lowest BCUT2D eigenvalue weighted by Crippen LogP contribution is -2.62. The minimum absolute atomic E-state index is 0.364. The fraction of sp³-hybridized carbons (Fsp3) is 0.526. The lowest BCUT2D eigenvalue weighted by molar-refractivity contribution is -0.493. The summed E-state index contributed by atoms with van der Waals surface area (Å²) in [6.45, 7) is 3.41. The summed E-state index contributed by atoms with van der Waals surface area (Å²) in [7, 11) is 1.61. The molecule has 0 saturated carbocycles. The predicted molar refractivity (Wildman–Crippen MR) is 86.6 cm³/mol. The monoisotopic (exact) mass is 327 g/mol. The lowest BCUT2D eigenvalue weighted by Gasteiger charge is -2.54.